The van der Waals surface area contributed by atoms with E-state index >= 15 is 0 Å². The summed E-state index contributed by atoms with van der Waals surface area (Å²) in [6, 6.07) is 0. The largest absolute Gasteiger partial charge is 0.461 e. The number of aliphatic hydroxyl groups excluding tert-OH is 1. The standard InChI is InChI=1S/C15H18O4/c1-6-4-10(17)13-8(3)15(18)19-14(13)12-7(2)5-9(16)11(6)12/h5,8,10,12-14,17H,4H2,1-3H3/t8-,10-,12+,13+,14+/m1/s1. The van der Waals surface area contributed by atoms with Crippen LogP contribution >= 0.6 is 0 Å². The molecule has 0 unspecified atom stereocenters. The minimum Gasteiger partial charge on any atom is -0.461 e. The topological polar surface area (TPSA) is 63.6 Å². The number of carbonyl (C=O) groups is 2. The second kappa shape index (κ2) is 4.04. The number of hydrogen-bond acceptors (Lipinski definition) is 4. The van der Waals surface area contributed by atoms with E-state index in [0.29, 0.717) is 6.42 Å². The van der Waals surface area contributed by atoms with Gasteiger partial charge in [0.15, 0.2) is 5.78 Å². The third kappa shape index (κ3) is 1.62. The molecule has 0 aromatic carbocycles. The Morgan fingerprint density at radius 2 is 2.00 bits per heavy atom. The molecular formula is C15H18O4. The summed E-state index contributed by atoms with van der Waals surface area (Å²) in [6.45, 7) is 5.59. The van der Waals surface area contributed by atoms with Crippen LogP contribution in [-0.4, -0.2) is 29.1 Å². The predicted molar refractivity (Wildman–Crippen MR) is 68.1 cm³/mol. The van der Waals surface area contributed by atoms with E-state index in [1.54, 1.807) is 13.0 Å². The predicted octanol–water partition coefficient (Wildman–Crippen LogP) is 1.39. The molecule has 0 amide bonds. The van der Waals surface area contributed by atoms with Crippen molar-refractivity contribution in [2.45, 2.75) is 39.4 Å². The van der Waals surface area contributed by atoms with Crippen molar-refractivity contribution in [3.8, 4) is 0 Å². The molecule has 102 valence electrons. The lowest BCUT2D eigenvalue weighted by atomic mass is 9.80. The molecule has 4 heteroatoms. The average molecular weight is 262 g/mol. The minimum absolute atomic E-state index is 0.00320. The van der Waals surface area contributed by atoms with Gasteiger partial charge < -0.3 is 9.84 Å². The highest BCUT2D eigenvalue weighted by molar-refractivity contribution is 6.09. The smallest absolute Gasteiger partial charge is 0.309 e. The van der Waals surface area contributed by atoms with Crippen molar-refractivity contribution in [2.24, 2.45) is 17.8 Å². The number of ether oxygens (including phenoxy) is 1. The fourth-order valence-electron chi connectivity index (χ4n) is 3.82. The first-order valence-electron chi connectivity index (χ1n) is 6.72. The molecule has 1 heterocycles. The van der Waals surface area contributed by atoms with Gasteiger partial charge in [0.1, 0.15) is 6.10 Å². The molecule has 4 nitrogen and oxygen atoms in total. The fraction of sp³-hybridized carbons (Fsp3) is 0.600. The molecule has 3 aliphatic rings. The van der Waals surface area contributed by atoms with E-state index in [2.05, 4.69) is 0 Å². The second-order valence-corrected chi connectivity index (χ2v) is 5.96. The molecule has 0 spiro atoms. The molecule has 1 aliphatic heterocycles. The van der Waals surface area contributed by atoms with E-state index in [-0.39, 0.29) is 29.5 Å². The zero-order valence-electron chi connectivity index (χ0n) is 11.3. The molecule has 19 heavy (non-hydrogen) atoms. The first-order valence-corrected chi connectivity index (χ1v) is 6.72. The van der Waals surface area contributed by atoms with E-state index < -0.39 is 12.2 Å². The molecule has 1 fully saturated rings. The number of ketones is 1. The van der Waals surface area contributed by atoms with Gasteiger partial charge in [0.05, 0.1) is 12.0 Å². The van der Waals surface area contributed by atoms with Crippen molar-refractivity contribution in [1.29, 1.82) is 0 Å². The number of allylic oxidation sites excluding steroid dienone is 1. The Morgan fingerprint density at radius 3 is 2.68 bits per heavy atom. The molecule has 0 bridgehead atoms. The van der Waals surface area contributed by atoms with Crippen LogP contribution in [0, 0.1) is 17.8 Å². The fourth-order valence-corrected chi connectivity index (χ4v) is 3.82. The van der Waals surface area contributed by atoms with Gasteiger partial charge >= 0.3 is 5.97 Å². The van der Waals surface area contributed by atoms with Crippen molar-refractivity contribution < 1.29 is 19.4 Å². The minimum atomic E-state index is -0.620. The van der Waals surface area contributed by atoms with E-state index in [9.17, 15) is 14.7 Å². The van der Waals surface area contributed by atoms with Crippen LogP contribution in [0.1, 0.15) is 27.2 Å². The molecule has 0 radical (unpaired) electrons. The Kier molecular flexibility index (Phi) is 2.68. The molecule has 3 rings (SSSR count). The van der Waals surface area contributed by atoms with Crippen molar-refractivity contribution >= 4 is 11.8 Å². The maximum Gasteiger partial charge on any atom is 0.309 e. The van der Waals surface area contributed by atoms with Crippen LogP contribution in [0.25, 0.3) is 0 Å². The Hall–Kier alpha value is -1.42. The number of esters is 1. The summed E-state index contributed by atoms with van der Waals surface area (Å²) in [5.41, 5.74) is 2.59. The van der Waals surface area contributed by atoms with Crippen molar-refractivity contribution in [3.63, 3.8) is 0 Å². The number of hydrogen-bond donors (Lipinski definition) is 1. The van der Waals surface area contributed by atoms with Gasteiger partial charge in [-0.2, -0.15) is 0 Å². The lowest BCUT2D eigenvalue weighted by Crippen LogP contribution is -2.35. The van der Waals surface area contributed by atoms with Crippen molar-refractivity contribution in [3.05, 3.63) is 22.8 Å². The summed E-state index contributed by atoms with van der Waals surface area (Å²) in [7, 11) is 0. The molecule has 0 saturated carbocycles. The molecule has 5 atom stereocenters. The average Bonchev–Trinajstić information content (AvgIpc) is 2.72. The van der Waals surface area contributed by atoms with E-state index in [1.807, 2.05) is 13.8 Å². The lowest BCUT2D eigenvalue weighted by molar-refractivity contribution is -0.144. The number of carbonyl (C=O) groups excluding carboxylic acids is 2. The Bertz CT molecular complexity index is 528. The van der Waals surface area contributed by atoms with Crippen LogP contribution in [0.5, 0.6) is 0 Å². The third-order valence-electron chi connectivity index (χ3n) is 4.75. The number of fused-ring (bicyclic) bond motifs is 3. The highest BCUT2D eigenvalue weighted by Gasteiger charge is 2.53. The van der Waals surface area contributed by atoms with Crippen LogP contribution in [0.3, 0.4) is 0 Å². The Labute approximate surface area is 112 Å². The Morgan fingerprint density at radius 1 is 1.32 bits per heavy atom. The monoisotopic (exact) mass is 262 g/mol. The Balaban J connectivity index is 2.11. The zero-order chi connectivity index (χ0) is 13.9. The van der Waals surface area contributed by atoms with Crippen LogP contribution in [0.4, 0.5) is 0 Å². The van der Waals surface area contributed by atoms with Gasteiger partial charge in [-0.05, 0) is 26.3 Å². The summed E-state index contributed by atoms with van der Waals surface area (Å²) < 4.78 is 5.48. The summed E-state index contributed by atoms with van der Waals surface area (Å²) in [5.74, 6) is -0.957. The lowest BCUT2D eigenvalue weighted by Gasteiger charge is -2.26. The molecule has 1 saturated heterocycles. The van der Waals surface area contributed by atoms with Gasteiger partial charge in [-0.3, -0.25) is 9.59 Å². The maximum absolute atomic E-state index is 12.1. The van der Waals surface area contributed by atoms with Gasteiger partial charge in [0.25, 0.3) is 0 Å². The molecule has 0 aromatic rings. The highest BCUT2D eigenvalue weighted by atomic mass is 16.6. The quantitative estimate of drug-likeness (QED) is 0.670. The van der Waals surface area contributed by atoms with Crippen LogP contribution in [0.2, 0.25) is 0 Å². The van der Waals surface area contributed by atoms with Crippen LogP contribution in [0.15, 0.2) is 22.8 Å². The molecule has 1 N–H and O–H groups in total. The van der Waals surface area contributed by atoms with Crippen LogP contribution < -0.4 is 0 Å². The number of aliphatic hydroxyl groups is 1. The van der Waals surface area contributed by atoms with Crippen molar-refractivity contribution in [2.75, 3.05) is 0 Å². The van der Waals surface area contributed by atoms with E-state index in [0.717, 1.165) is 16.7 Å². The maximum atomic E-state index is 12.1. The van der Waals surface area contributed by atoms with Crippen molar-refractivity contribution in [1.82, 2.24) is 0 Å². The first kappa shape index (κ1) is 12.6. The SMILES string of the molecule is CC1=CC(=O)C2=C(C)C[C@@H](O)[C@H]3[C@@H](OC(=O)[C@@H]3C)[C@@H]12. The molecular weight excluding hydrogens is 244 g/mol. The summed E-state index contributed by atoms with van der Waals surface area (Å²) in [5, 5.41) is 10.3. The van der Waals surface area contributed by atoms with Gasteiger partial charge in [-0.15, -0.1) is 0 Å². The summed E-state index contributed by atoms with van der Waals surface area (Å²) >= 11 is 0. The van der Waals surface area contributed by atoms with E-state index in [4.69, 9.17) is 4.74 Å². The van der Waals surface area contributed by atoms with Gasteiger partial charge in [-0.25, -0.2) is 0 Å². The third-order valence-corrected chi connectivity index (χ3v) is 4.75. The summed E-state index contributed by atoms with van der Waals surface area (Å²) in [4.78, 5) is 23.9. The molecule has 2 aliphatic carbocycles. The highest BCUT2D eigenvalue weighted by Crippen LogP contribution is 2.47. The van der Waals surface area contributed by atoms with Gasteiger partial charge in [0, 0.05) is 17.4 Å². The second-order valence-electron chi connectivity index (χ2n) is 5.96. The zero-order valence-corrected chi connectivity index (χ0v) is 11.3. The first-order chi connectivity index (χ1) is 8.91. The van der Waals surface area contributed by atoms with Gasteiger partial charge in [0.2, 0.25) is 0 Å². The van der Waals surface area contributed by atoms with E-state index in [1.165, 1.54) is 0 Å². The summed E-state index contributed by atoms with van der Waals surface area (Å²) in [6.07, 6.45) is 1.06. The molecule has 0 aromatic heterocycles. The van der Waals surface area contributed by atoms with Gasteiger partial charge in [-0.1, -0.05) is 18.1 Å². The normalized spacial score (nSPS) is 41.7. The van der Waals surface area contributed by atoms with Crippen LogP contribution in [-0.2, 0) is 14.3 Å². The number of rotatable bonds is 0.